The lowest BCUT2D eigenvalue weighted by Crippen LogP contribution is -2.15. The van der Waals surface area contributed by atoms with Crippen LogP contribution >= 0.6 is 23.6 Å². The molecule has 3 nitrogen and oxygen atoms in total. The van der Waals surface area contributed by atoms with Crippen LogP contribution in [-0.2, 0) is 0 Å². The molecule has 0 unspecified atom stereocenters. The number of aromatic nitrogens is 1. The number of pyridine rings is 1. The monoisotopic (exact) mass is 313 g/mol. The molecular weight excluding hydrogens is 298 g/mol. The number of nitrogens with zero attached hydrogens (tertiary/aromatic N) is 1. The van der Waals surface area contributed by atoms with Gasteiger partial charge in [-0.15, -0.1) is 11.3 Å². The van der Waals surface area contributed by atoms with Crippen LogP contribution in [-0.4, -0.2) is 9.97 Å². The van der Waals surface area contributed by atoms with Gasteiger partial charge >= 0.3 is 0 Å². The van der Waals surface area contributed by atoms with Gasteiger partial charge in [0.1, 0.15) is 10.8 Å². The van der Waals surface area contributed by atoms with Gasteiger partial charge < -0.3 is 11.1 Å². The van der Waals surface area contributed by atoms with Crippen LogP contribution in [0.4, 0.5) is 11.5 Å². The number of thiocarbonyl (C=S) groups is 1. The highest BCUT2D eigenvalue weighted by Gasteiger charge is 2.12. The van der Waals surface area contributed by atoms with Crippen LogP contribution < -0.4 is 11.1 Å². The maximum absolute atomic E-state index is 5.85. The van der Waals surface area contributed by atoms with Crippen LogP contribution in [0, 0.1) is 13.8 Å². The highest BCUT2D eigenvalue weighted by atomic mass is 32.1. The van der Waals surface area contributed by atoms with E-state index in [4.69, 9.17) is 18.0 Å². The van der Waals surface area contributed by atoms with Gasteiger partial charge in [-0.1, -0.05) is 12.2 Å². The molecule has 0 spiro atoms. The molecule has 0 aliphatic carbocycles. The summed E-state index contributed by atoms with van der Waals surface area (Å²) in [5, 5.41) is 6.64. The summed E-state index contributed by atoms with van der Waals surface area (Å²) in [5.74, 6) is 0.717. The number of hydrogen-bond acceptors (Lipinski definition) is 4. The molecule has 0 saturated carbocycles. The van der Waals surface area contributed by atoms with Gasteiger partial charge in [-0.3, -0.25) is 0 Å². The van der Waals surface area contributed by atoms with Crippen molar-refractivity contribution in [3.63, 3.8) is 0 Å². The number of nitrogens with two attached hydrogens (primary N) is 1. The Morgan fingerprint density at radius 3 is 2.81 bits per heavy atom. The molecule has 0 fully saturated rings. The van der Waals surface area contributed by atoms with Crippen molar-refractivity contribution in [1.82, 2.24) is 4.98 Å². The van der Waals surface area contributed by atoms with E-state index in [2.05, 4.69) is 33.9 Å². The van der Waals surface area contributed by atoms with Crippen molar-refractivity contribution in [3.8, 4) is 0 Å². The Hall–Kier alpha value is -1.98. The lowest BCUT2D eigenvalue weighted by atomic mass is 10.1. The van der Waals surface area contributed by atoms with Crippen LogP contribution in [0.5, 0.6) is 0 Å². The van der Waals surface area contributed by atoms with E-state index in [-0.39, 0.29) is 0 Å². The van der Waals surface area contributed by atoms with E-state index in [1.807, 2.05) is 26.0 Å². The molecule has 0 saturated heterocycles. The number of benzene rings is 1. The second-order valence-corrected chi connectivity index (χ2v) is 6.35. The summed E-state index contributed by atoms with van der Waals surface area (Å²) in [5.41, 5.74) is 9.61. The predicted molar refractivity (Wildman–Crippen MR) is 94.7 cm³/mol. The molecule has 5 heteroatoms. The minimum absolute atomic E-state index is 0.360. The number of nitrogens with one attached hydrogen (secondary N) is 1. The van der Waals surface area contributed by atoms with E-state index in [0.29, 0.717) is 4.99 Å². The lowest BCUT2D eigenvalue weighted by molar-refractivity contribution is 1.17. The molecule has 0 aliphatic rings. The van der Waals surface area contributed by atoms with Crippen molar-refractivity contribution in [2.45, 2.75) is 13.8 Å². The summed E-state index contributed by atoms with van der Waals surface area (Å²) in [7, 11) is 0. The van der Waals surface area contributed by atoms with Gasteiger partial charge in [0, 0.05) is 16.1 Å². The second-order valence-electron chi connectivity index (χ2n) is 4.97. The Kier molecular flexibility index (Phi) is 3.61. The van der Waals surface area contributed by atoms with Crippen LogP contribution in [0.25, 0.3) is 10.1 Å². The standard InChI is InChI=1S/C16H15N3S2/c1-9-7-10(2)18-16(14(9)15(17)20)19-12-3-4-13-11(8-12)5-6-21-13/h3-8H,1-2H3,(H2,17,20)(H,18,19). The molecule has 3 rings (SSSR count). The first-order chi connectivity index (χ1) is 10.0. The fraction of sp³-hybridized carbons (Fsp3) is 0.125. The fourth-order valence-corrected chi connectivity index (χ4v) is 3.45. The van der Waals surface area contributed by atoms with E-state index >= 15 is 0 Å². The van der Waals surface area contributed by atoms with Crippen molar-refractivity contribution in [3.05, 3.63) is 52.5 Å². The van der Waals surface area contributed by atoms with E-state index in [1.165, 1.54) is 10.1 Å². The number of aryl methyl sites for hydroxylation is 2. The Balaban J connectivity index is 2.06. The summed E-state index contributed by atoms with van der Waals surface area (Å²) in [6.07, 6.45) is 0. The van der Waals surface area contributed by atoms with Crippen molar-refractivity contribution < 1.29 is 0 Å². The third-order valence-electron chi connectivity index (χ3n) is 3.31. The zero-order chi connectivity index (χ0) is 15.0. The topological polar surface area (TPSA) is 50.9 Å². The van der Waals surface area contributed by atoms with Crippen molar-refractivity contribution >= 4 is 50.1 Å². The molecule has 2 aromatic heterocycles. The van der Waals surface area contributed by atoms with Crippen LogP contribution in [0.2, 0.25) is 0 Å². The Labute approximate surface area is 132 Å². The average molecular weight is 313 g/mol. The Morgan fingerprint density at radius 1 is 1.24 bits per heavy atom. The van der Waals surface area contributed by atoms with Gasteiger partial charge in [0.2, 0.25) is 0 Å². The summed E-state index contributed by atoms with van der Waals surface area (Å²) >= 11 is 6.89. The van der Waals surface area contributed by atoms with Gasteiger partial charge in [0.25, 0.3) is 0 Å². The normalized spacial score (nSPS) is 10.8. The first kappa shape index (κ1) is 14.0. The molecule has 3 N–H and O–H groups in total. The largest absolute Gasteiger partial charge is 0.389 e. The predicted octanol–water partition coefficient (Wildman–Crippen LogP) is 4.29. The summed E-state index contributed by atoms with van der Waals surface area (Å²) in [6.45, 7) is 3.96. The molecule has 0 aliphatic heterocycles. The van der Waals surface area contributed by atoms with E-state index in [0.717, 1.165) is 28.3 Å². The Bertz CT molecular complexity index is 837. The smallest absolute Gasteiger partial charge is 0.141 e. The average Bonchev–Trinajstić information content (AvgIpc) is 2.84. The number of fused-ring (bicyclic) bond motifs is 1. The quantitative estimate of drug-likeness (QED) is 0.708. The minimum atomic E-state index is 0.360. The molecule has 106 valence electrons. The number of hydrogen-bond donors (Lipinski definition) is 2. The second kappa shape index (κ2) is 5.42. The molecule has 0 radical (unpaired) electrons. The molecule has 1 aromatic carbocycles. The first-order valence-electron chi connectivity index (χ1n) is 6.57. The Morgan fingerprint density at radius 2 is 2.05 bits per heavy atom. The van der Waals surface area contributed by atoms with Crippen molar-refractivity contribution in [2.75, 3.05) is 5.32 Å². The van der Waals surface area contributed by atoms with Gasteiger partial charge in [-0.25, -0.2) is 4.98 Å². The zero-order valence-electron chi connectivity index (χ0n) is 11.8. The summed E-state index contributed by atoms with van der Waals surface area (Å²) < 4.78 is 1.27. The maximum Gasteiger partial charge on any atom is 0.141 e. The molecule has 0 bridgehead atoms. The first-order valence-corrected chi connectivity index (χ1v) is 7.86. The number of thiophene rings is 1. The molecule has 3 aromatic rings. The SMILES string of the molecule is Cc1cc(C)c(C(N)=S)c(Nc2ccc3sccc3c2)n1. The minimum Gasteiger partial charge on any atom is -0.389 e. The van der Waals surface area contributed by atoms with Crippen LogP contribution in [0.1, 0.15) is 16.8 Å². The molecule has 0 amide bonds. The van der Waals surface area contributed by atoms with Crippen LogP contribution in [0.15, 0.2) is 35.7 Å². The van der Waals surface area contributed by atoms with Crippen LogP contribution in [0.3, 0.4) is 0 Å². The van der Waals surface area contributed by atoms with E-state index in [9.17, 15) is 0 Å². The van der Waals surface area contributed by atoms with Gasteiger partial charge in [0.15, 0.2) is 0 Å². The highest BCUT2D eigenvalue weighted by molar-refractivity contribution is 7.80. The molecular formula is C16H15N3S2. The molecule has 21 heavy (non-hydrogen) atoms. The highest BCUT2D eigenvalue weighted by Crippen LogP contribution is 2.27. The zero-order valence-corrected chi connectivity index (χ0v) is 13.4. The third kappa shape index (κ3) is 2.75. The molecule has 2 heterocycles. The third-order valence-corrected chi connectivity index (χ3v) is 4.41. The fourth-order valence-electron chi connectivity index (χ4n) is 2.42. The number of anilines is 2. The summed E-state index contributed by atoms with van der Waals surface area (Å²) in [6, 6.07) is 10.3. The van der Waals surface area contributed by atoms with Gasteiger partial charge in [0.05, 0.1) is 5.56 Å². The maximum atomic E-state index is 5.85. The van der Waals surface area contributed by atoms with Crippen molar-refractivity contribution in [2.24, 2.45) is 5.73 Å². The van der Waals surface area contributed by atoms with E-state index < -0.39 is 0 Å². The number of rotatable bonds is 3. The van der Waals surface area contributed by atoms with Gasteiger partial charge in [-0.2, -0.15) is 0 Å². The summed E-state index contributed by atoms with van der Waals surface area (Å²) in [4.78, 5) is 4.90. The van der Waals surface area contributed by atoms with E-state index in [1.54, 1.807) is 11.3 Å². The van der Waals surface area contributed by atoms with Gasteiger partial charge in [-0.05, 0) is 60.5 Å². The van der Waals surface area contributed by atoms with Crippen molar-refractivity contribution in [1.29, 1.82) is 0 Å². The molecule has 0 atom stereocenters. The lowest BCUT2D eigenvalue weighted by Gasteiger charge is -2.14.